The van der Waals surface area contributed by atoms with Crippen molar-refractivity contribution in [3.05, 3.63) is 84.4 Å². The Morgan fingerprint density at radius 2 is 1.84 bits per heavy atom. The smallest absolute Gasteiger partial charge is 0.295 e. The van der Waals surface area contributed by atoms with Crippen molar-refractivity contribution in [2.75, 3.05) is 19.6 Å². The van der Waals surface area contributed by atoms with Gasteiger partial charge in [0.15, 0.2) is 5.76 Å². The summed E-state index contributed by atoms with van der Waals surface area (Å²) in [7, 11) is 0. The lowest BCUT2D eigenvalue weighted by molar-refractivity contribution is -0.130. The Hall–Kier alpha value is -4.79. The van der Waals surface area contributed by atoms with Crippen LogP contribution in [-0.4, -0.2) is 68.0 Å². The van der Waals surface area contributed by atoms with Crippen molar-refractivity contribution in [1.82, 2.24) is 24.8 Å². The van der Waals surface area contributed by atoms with Crippen LogP contribution in [-0.2, 0) is 4.79 Å². The van der Waals surface area contributed by atoms with E-state index in [-0.39, 0.29) is 24.1 Å². The number of hydrogen-bond donors (Lipinski definition) is 1. The second-order valence-corrected chi connectivity index (χ2v) is 9.08. The van der Waals surface area contributed by atoms with Crippen LogP contribution in [0.25, 0.3) is 33.3 Å². The van der Waals surface area contributed by atoms with E-state index in [4.69, 9.17) is 4.42 Å². The predicted octanol–water partition coefficient (Wildman–Crippen LogP) is 3.93. The Labute approximate surface area is 211 Å². The molecule has 6 rings (SSSR count). The Morgan fingerprint density at radius 3 is 2.62 bits per heavy atom. The number of furan rings is 1. The SMILES string of the molecule is C[C@@H]1CN(C(=O)c2ccccn2)CCN1C(=O)C(=O)c1c[nH]c2c(-c3cc4ccccc4o3)nccc12. The highest BCUT2D eigenvalue weighted by molar-refractivity contribution is 6.45. The van der Waals surface area contributed by atoms with E-state index >= 15 is 0 Å². The van der Waals surface area contributed by atoms with Crippen LogP contribution < -0.4 is 0 Å². The number of fused-ring (bicyclic) bond motifs is 2. The van der Waals surface area contributed by atoms with Gasteiger partial charge in [-0.2, -0.15) is 0 Å². The van der Waals surface area contributed by atoms with Crippen LogP contribution in [0.2, 0.25) is 0 Å². The molecule has 1 aliphatic heterocycles. The molecule has 0 bridgehead atoms. The highest BCUT2D eigenvalue weighted by Crippen LogP contribution is 2.32. The van der Waals surface area contributed by atoms with Gasteiger partial charge in [-0.3, -0.25) is 24.4 Å². The number of carbonyl (C=O) groups excluding carboxylic acids is 3. The van der Waals surface area contributed by atoms with Gasteiger partial charge in [-0.1, -0.05) is 24.3 Å². The van der Waals surface area contributed by atoms with Gasteiger partial charge in [-0.25, -0.2) is 0 Å². The van der Waals surface area contributed by atoms with Gasteiger partial charge in [-0.05, 0) is 37.3 Å². The molecule has 1 N–H and O–H groups in total. The number of piperazine rings is 1. The molecule has 0 spiro atoms. The molecule has 1 aliphatic rings. The van der Waals surface area contributed by atoms with Crippen molar-refractivity contribution in [2.45, 2.75) is 13.0 Å². The summed E-state index contributed by atoms with van der Waals surface area (Å²) in [6, 6.07) is 16.1. The van der Waals surface area contributed by atoms with Crippen LogP contribution in [0, 0.1) is 0 Å². The van der Waals surface area contributed by atoms with Crippen molar-refractivity contribution in [3.8, 4) is 11.5 Å². The number of nitrogens with one attached hydrogen (secondary N) is 1. The molecule has 0 radical (unpaired) electrons. The number of benzene rings is 1. The molecular formula is C28H23N5O4. The first-order valence-electron chi connectivity index (χ1n) is 12.0. The van der Waals surface area contributed by atoms with E-state index in [0.717, 1.165) is 11.0 Å². The average Bonchev–Trinajstić information content (AvgIpc) is 3.57. The number of rotatable bonds is 4. The quantitative estimate of drug-likeness (QED) is 0.300. The third-order valence-corrected chi connectivity index (χ3v) is 6.76. The fourth-order valence-corrected chi connectivity index (χ4v) is 4.87. The first-order valence-corrected chi connectivity index (χ1v) is 12.0. The molecule has 0 saturated carbocycles. The molecule has 1 atom stereocenters. The first kappa shape index (κ1) is 22.7. The first-order chi connectivity index (χ1) is 18.0. The minimum absolute atomic E-state index is 0.187. The molecule has 0 aliphatic carbocycles. The minimum atomic E-state index is -0.607. The molecule has 37 heavy (non-hydrogen) atoms. The van der Waals surface area contributed by atoms with E-state index in [1.54, 1.807) is 47.8 Å². The fourth-order valence-electron chi connectivity index (χ4n) is 4.87. The normalized spacial score (nSPS) is 15.9. The summed E-state index contributed by atoms with van der Waals surface area (Å²) in [6.45, 7) is 2.75. The van der Waals surface area contributed by atoms with Crippen molar-refractivity contribution < 1.29 is 18.8 Å². The third-order valence-electron chi connectivity index (χ3n) is 6.76. The van der Waals surface area contributed by atoms with Gasteiger partial charge in [0, 0.05) is 55.0 Å². The number of amides is 2. The van der Waals surface area contributed by atoms with E-state index < -0.39 is 11.7 Å². The van der Waals surface area contributed by atoms with Crippen molar-refractivity contribution in [3.63, 3.8) is 0 Å². The molecule has 0 unspecified atom stereocenters. The number of para-hydroxylation sites is 1. The van der Waals surface area contributed by atoms with Crippen molar-refractivity contribution >= 4 is 39.5 Å². The van der Waals surface area contributed by atoms with E-state index in [2.05, 4.69) is 15.0 Å². The molecule has 5 aromatic rings. The summed E-state index contributed by atoms with van der Waals surface area (Å²) >= 11 is 0. The van der Waals surface area contributed by atoms with Gasteiger partial charge in [0.05, 0.1) is 11.1 Å². The molecule has 2 amide bonds. The number of pyridine rings is 2. The summed E-state index contributed by atoms with van der Waals surface area (Å²) in [5.41, 5.74) is 2.56. The largest absolute Gasteiger partial charge is 0.454 e. The summed E-state index contributed by atoms with van der Waals surface area (Å²) in [4.78, 5) is 54.3. The van der Waals surface area contributed by atoms with Gasteiger partial charge in [-0.15, -0.1) is 0 Å². The summed E-state index contributed by atoms with van der Waals surface area (Å²) < 4.78 is 5.97. The lowest BCUT2D eigenvalue weighted by atomic mass is 10.1. The monoisotopic (exact) mass is 493 g/mol. The molecule has 4 aromatic heterocycles. The molecule has 1 saturated heterocycles. The Balaban J connectivity index is 1.23. The van der Waals surface area contributed by atoms with Crippen molar-refractivity contribution in [2.24, 2.45) is 0 Å². The second-order valence-electron chi connectivity index (χ2n) is 9.08. The zero-order valence-corrected chi connectivity index (χ0v) is 20.0. The topological polar surface area (TPSA) is 112 Å². The van der Waals surface area contributed by atoms with Crippen LogP contribution in [0.4, 0.5) is 0 Å². The maximum absolute atomic E-state index is 13.3. The number of carbonyl (C=O) groups is 3. The fraction of sp³-hybridized carbons (Fsp3) is 0.179. The number of nitrogens with zero attached hydrogens (tertiary/aromatic N) is 4. The number of aromatic amines is 1. The van der Waals surface area contributed by atoms with E-state index in [0.29, 0.717) is 41.1 Å². The second kappa shape index (κ2) is 9.02. The van der Waals surface area contributed by atoms with E-state index in [9.17, 15) is 14.4 Å². The lowest BCUT2D eigenvalue weighted by Crippen LogP contribution is -2.56. The Bertz CT molecular complexity index is 1620. The van der Waals surface area contributed by atoms with Gasteiger partial charge in [0.1, 0.15) is 17.0 Å². The number of aromatic nitrogens is 3. The number of ketones is 1. The van der Waals surface area contributed by atoms with Crippen LogP contribution in [0.5, 0.6) is 0 Å². The van der Waals surface area contributed by atoms with Gasteiger partial charge < -0.3 is 19.2 Å². The Kier molecular flexibility index (Phi) is 5.52. The zero-order chi connectivity index (χ0) is 25.5. The van der Waals surface area contributed by atoms with Gasteiger partial charge in [0.25, 0.3) is 17.6 Å². The number of H-pyrrole nitrogens is 1. The third kappa shape index (κ3) is 3.94. The van der Waals surface area contributed by atoms with Gasteiger partial charge >= 0.3 is 0 Å². The minimum Gasteiger partial charge on any atom is -0.454 e. The highest BCUT2D eigenvalue weighted by Gasteiger charge is 2.34. The highest BCUT2D eigenvalue weighted by atomic mass is 16.3. The molecule has 184 valence electrons. The van der Waals surface area contributed by atoms with Crippen LogP contribution >= 0.6 is 0 Å². The standard InChI is InChI=1S/C28H23N5O4/c1-17-16-32(27(35)21-7-4-5-10-29-21)12-13-33(17)28(36)26(34)20-15-31-24-19(20)9-11-30-25(24)23-14-18-6-2-3-8-22(18)37-23/h2-11,14-15,17,31H,12-13,16H2,1H3/t17-/m1/s1. The maximum atomic E-state index is 13.3. The van der Waals surface area contributed by atoms with Gasteiger partial charge in [0.2, 0.25) is 0 Å². The molecule has 1 fully saturated rings. The summed E-state index contributed by atoms with van der Waals surface area (Å²) in [6.07, 6.45) is 4.72. The van der Waals surface area contributed by atoms with E-state index in [1.165, 1.54) is 4.90 Å². The lowest BCUT2D eigenvalue weighted by Gasteiger charge is -2.39. The number of hydrogen-bond acceptors (Lipinski definition) is 6. The maximum Gasteiger partial charge on any atom is 0.295 e. The number of Topliss-reactive ketones (excluding diaryl/α,β-unsaturated/α-hetero) is 1. The molecule has 9 heteroatoms. The molecule has 5 heterocycles. The van der Waals surface area contributed by atoms with Crippen LogP contribution in [0.3, 0.4) is 0 Å². The Morgan fingerprint density at radius 1 is 1.00 bits per heavy atom. The molecule has 1 aromatic carbocycles. The zero-order valence-electron chi connectivity index (χ0n) is 20.0. The molecule has 9 nitrogen and oxygen atoms in total. The van der Waals surface area contributed by atoms with Crippen LogP contribution in [0.15, 0.2) is 77.6 Å². The summed E-state index contributed by atoms with van der Waals surface area (Å²) in [5, 5.41) is 1.55. The molecular weight excluding hydrogens is 470 g/mol. The average molecular weight is 494 g/mol. The predicted molar refractivity (Wildman–Crippen MR) is 137 cm³/mol. The summed E-state index contributed by atoms with van der Waals surface area (Å²) in [5.74, 6) is -0.820. The van der Waals surface area contributed by atoms with Crippen LogP contribution in [0.1, 0.15) is 27.8 Å². The van der Waals surface area contributed by atoms with Crippen molar-refractivity contribution in [1.29, 1.82) is 0 Å². The van der Waals surface area contributed by atoms with E-state index in [1.807, 2.05) is 37.3 Å².